The molecular weight excluding hydrogens is 231 g/mol. The normalized spacial score (nSPS) is 16.3. The SMILES string of the molecule is C[C@@H](NCC(=O)NCC1CC1)c1cccc(F)c1. The highest BCUT2D eigenvalue weighted by Crippen LogP contribution is 2.27. The molecule has 1 aromatic carbocycles. The number of carbonyl (C=O) groups is 1. The van der Waals surface area contributed by atoms with Crippen molar-refractivity contribution >= 4 is 5.91 Å². The minimum Gasteiger partial charge on any atom is -0.355 e. The van der Waals surface area contributed by atoms with Gasteiger partial charge in [0.2, 0.25) is 5.91 Å². The summed E-state index contributed by atoms with van der Waals surface area (Å²) in [5.74, 6) is 0.444. The van der Waals surface area contributed by atoms with E-state index in [0.717, 1.165) is 12.1 Å². The smallest absolute Gasteiger partial charge is 0.233 e. The maximum atomic E-state index is 13.0. The Labute approximate surface area is 107 Å². The summed E-state index contributed by atoms with van der Waals surface area (Å²) in [5, 5.41) is 5.98. The van der Waals surface area contributed by atoms with Crippen molar-refractivity contribution in [2.45, 2.75) is 25.8 Å². The molecule has 18 heavy (non-hydrogen) atoms. The van der Waals surface area contributed by atoms with E-state index in [2.05, 4.69) is 10.6 Å². The summed E-state index contributed by atoms with van der Waals surface area (Å²) >= 11 is 0. The van der Waals surface area contributed by atoms with Gasteiger partial charge in [-0.25, -0.2) is 4.39 Å². The molecule has 0 bridgehead atoms. The van der Waals surface area contributed by atoms with Gasteiger partial charge in [0.25, 0.3) is 0 Å². The predicted octanol–water partition coefficient (Wildman–Crippen LogP) is 2.00. The first-order valence-corrected chi connectivity index (χ1v) is 6.40. The molecule has 1 aliphatic carbocycles. The zero-order valence-corrected chi connectivity index (χ0v) is 10.6. The molecule has 1 fully saturated rings. The number of hydrogen-bond donors (Lipinski definition) is 2. The Morgan fingerprint density at radius 3 is 2.94 bits per heavy atom. The number of amides is 1. The highest BCUT2D eigenvalue weighted by atomic mass is 19.1. The van der Waals surface area contributed by atoms with E-state index in [4.69, 9.17) is 0 Å². The van der Waals surface area contributed by atoms with Gasteiger partial charge in [0.05, 0.1) is 6.54 Å². The first kappa shape index (κ1) is 13.0. The number of nitrogens with one attached hydrogen (secondary N) is 2. The van der Waals surface area contributed by atoms with Gasteiger partial charge in [-0.1, -0.05) is 12.1 Å². The molecule has 4 heteroatoms. The Hall–Kier alpha value is -1.42. The third kappa shape index (κ3) is 4.11. The van der Waals surface area contributed by atoms with Gasteiger partial charge in [0.15, 0.2) is 0 Å². The van der Waals surface area contributed by atoms with Crippen molar-refractivity contribution in [2.24, 2.45) is 5.92 Å². The van der Waals surface area contributed by atoms with Crippen LogP contribution in [0.1, 0.15) is 31.4 Å². The second kappa shape index (κ2) is 5.96. The van der Waals surface area contributed by atoms with Crippen LogP contribution >= 0.6 is 0 Å². The van der Waals surface area contributed by atoms with Gasteiger partial charge < -0.3 is 10.6 Å². The van der Waals surface area contributed by atoms with Crippen molar-refractivity contribution in [1.29, 1.82) is 0 Å². The zero-order chi connectivity index (χ0) is 13.0. The zero-order valence-electron chi connectivity index (χ0n) is 10.6. The van der Waals surface area contributed by atoms with E-state index < -0.39 is 0 Å². The fourth-order valence-corrected chi connectivity index (χ4v) is 1.78. The fraction of sp³-hybridized carbons (Fsp3) is 0.500. The van der Waals surface area contributed by atoms with E-state index in [1.807, 2.05) is 13.0 Å². The van der Waals surface area contributed by atoms with Crippen LogP contribution in [-0.4, -0.2) is 19.0 Å². The van der Waals surface area contributed by atoms with Gasteiger partial charge in [0, 0.05) is 12.6 Å². The van der Waals surface area contributed by atoms with E-state index in [1.165, 1.54) is 25.0 Å². The Morgan fingerprint density at radius 1 is 1.50 bits per heavy atom. The van der Waals surface area contributed by atoms with Gasteiger partial charge in [0.1, 0.15) is 5.82 Å². The lowest BCUT2D eigenvalue weighted by atomic mass is 10.1. The topological polar surface area (TPSA) is 41.1 Å². The Balaban J connectivity index is 1.73. The van der Waals surface area contributed by atoms with Crippen molar-refractivity contribution in [3.63, 3.8) is 0 Å². The molecule has 1 saturated carbocycles. The van der Waals surface area contributed by atoms with Crippen LogP contribution in [0.2, 0.25) is 0 Å². The molecule has 1 atom stereocenters. The van der Waals surface area contributed by atoms with Gasteiger partial charge in [-0.15, -0.1) is 0 Å². The van der Waals surface area contributed by atoms with Crippen molar-refractivity contribution in [3.8, 4) is 0 Å². The maximum absolute atomic E-state index is 13.0. The number of carbonyl (C=O) groups excluding carboxylic acids is 1. The third-order valence-corrected chi connectivity index (χ3v) is 3.20. The van der Waals surface area contributed by atoms with Crippen LogP contribution in [0.25, 0.3) is 0 Å². The maximum Gasteiger partial charge on any atom is 0.233 e. The van der Waals surface area contributed by atoms with Crippen LogP contribution in [0.15, 0.2) is 24.3 Å². The Bertz CT molecular complexity index is 418. The minimum absolute atomic E-state index is 0.00477. The molecule has 1 amide bonds. The molecule has 0 heterocycles. The monoisotopic (exact) mass is 250 g/mol. The Kier molecular flexibility index (Phi) is 4.31. The lowest BCUT2D eigenvalue weighted by Gasteiger charge is -2.14. The second-order valence-corrected chi connectivity index (χ2v) is 4.91. The van der Waals surface area contributed by atoms with Crippen molar-refractivity contribution < 1.29 is 9.18 Å². The molecular formula is C14H19FN2O. The molecule has 2 N–H and O–H groups in total. The van der Waals surface area contributed by atoms with Crippen molar-refractivity contribution in [1.82, 2.24) is 10.6 Å². The van der Waals surface area contributed by atoms with E-state index in [9.17, 15) is 9.18 Å². The lowest BCUT2D eigenvalue weighted by molar-refractivity contribution is -0.120. The third-order valence-electron chi connectivity index (χ3n) is 3.20. The van der Waals surface area contributed by atoms with Crippen LogP contribution in [0.4, 0.5) is 4.39 Å². The number of benzene rings is 1. The van der Waals surface area contributed by atoms with Crippen LogP contribution in [0.5, 0.6) is 0 Å². The van der Waals surface area contributed by atoms with Crippen LogP contribution in [0, 0.1) is 11.7 Å². The molecule has 1 aliphatic rings. The highest BCUT2D eigenvalue weighted by Gasteiger charge is 2.21. The largest absolute Gasteiger partial charge is 0.355 e. The van der Waals surface area contributed by atoms with E-state index >= 15 is 0 Å². The molecule has 2 rings (SSSR count). The van der Waals surface area contributed by atoms with Crippen molar-refractivity contribution in [2.75, 3.05) is 13.1 Å². The lowest BCUT2D eigenvalue weighted by Crippen LogP contribution is -2.36. The molecule has 0 aromatic heterocycles. The molecule has 0 saturated heterocycles. The number of rotatable bonds is 6. The van der Waals surface area contributed by atoms with Gasteiger partial charge in [-0.05, 0) is 43.4 Å². The fourth-order valence-electron chi connectivity index (χ4n) is 1.78. The molecule has 0 spiro atoms. The number of halogens is 1. The summed E-state index contributed by atoms with van der Waals surface area (Å²) in [7, 11) is 0. The predicted molar refractivity (Wildman–Crippen MR) is 68.6 cm³/mol. The summed E-state index contributed by atoms with van der Waals surface area (Å²) < 4.78 is 13.0. The minimum atomic E-state index is -0.251. The van der Waals surface area contributed by atoms with Crippen LogP contribution in [-0.2, 0) is 4.79 Å². The van der Waals surface area contributed by atoms with E-state index in [0.29, 0.717) is 5.92 Å². The molecule has 98 valence electrons. The first-order valence-electron chi connectivity index (χ1n) is 6.40. The summed E-state index contributed by atoms with van der Waals surface area (Å²) in [4.78, 5) is 11.5. The average Bonchev–Trinajstić information content (AvgIpc) is 3.17. The van der Waals surface area contributed by atoms with E-state index in [-0.39, 0.29) is 24.3 Å². The van der Waals surface area contributed by atoms with Gasteiger partial charge >= 0.3 is 0 Å². The van der Waals surface area contributed by atoms with Gasteiger partial charge in [-0.2, -0.15) is 0 Å². The van der Waals surface area contributed by atoms with Crippen LogP contribution in [0.3, 0.4) is 0 Å². The van der Waals surface area contributed by atoms with E-state index in [1.54, 1.807) is 6.07 Å². The quantitative estimate of drug-likeness (QED) is 0.811. The standard InChI is InChI=1S/C14H19FN2O/c1-10(12-3-2-4-13(15)7-12)16-9-14(18)17-8-11-5-6-11/h2-4,7,10-11,16H,5-6,8-9H2,1H3,(H,17,18)/t10-/m1/s1. The second-order valence-electron chi connectivity index (χ2n) is 4.91. The molecule has 1 aromatic rings. The summed E-state index contributed by atoms with van der Waals surface area (Å²) in [5.41, 5.74) is 0.852. The molecule has 0 radical (unpaired) electrons. The summed E-state index contributed by atoms with van der Waals surface area (Å²) in [6, 6.07) is 6.39. The molecule has 0 unspecified atom stereocenters. The molecule has 3 nitrogen and oxygen atoms in total. The van der Waals surface area contributed by atoms with Gasteiger partial charge in [-0.3, -0.25) is 4.79 Å². The first-order chi connectivity index (χ1) is 8.65. The Morgan fingerprint density at radius 2 is 2.28 bits per heavy atom. The number of hydrogen-bond acceptors (Lipinski definition) is 2. The summed E-state index contributed by atoms with van der Waals surface area (Å²) in [6.07, 6.45) is 2.46. The highest BCUT2D eigenvalue weighted by molar-refractivity contribution is 5.78. The average molecular weight is 250 g/mol. The summed E-state index contributed by atoms with van der Waals surface area (Å²) in [6.45, 7) is 2.97. The van der Waals surface area contributed by atoms with Crippen molar-refractivity contribution in [3.05, 3.63) is 35.6 Å². The molecule has 0 aliphatic heterocycles. The van der Waals surface area contributed by atoms with Crippen LogP contribution < -0.4 is 10.6 Å².